The smallest absolute Gasteiger partial charge is 0.251 e. The Bertz CT molecular complexity index is 1090. The fourth-order valence-electron chi connectivity index (χ4n) is 2.73. The molecular formula is C21H21ClN2O4S. The number of benzene rings is 2. The fraction of sp³-hybridized carbons (Fsp3) is 0.190. The van der Waals surface area contributed by atoms with E-state index in [0.29, 0.717) is 34.2 Å². The van der Waals surface area contributed by atoms with Gasteiger partial charge in [0.15, 0.2) is 0 Å². The van der Waals surface area contributed by atoms with E-state index in [1.807, 2.05) is 18.2 Å². The number of hydrogen-bond donors (Lipinski definition) is 2. The van der Waals surface area contributed by atoms with E-state index in [0.717, 1.165) is 5.56 Å². The molecule has 0 aliphatic carbocycles. The van der Waals surface area contributed by atoms with Crippen LogP contribution in [0.1, 0.15) is 29.5 Å². The third kappa shape index (κ3) is 5.85. The van der Waals surface area contributed by atoms with Crippen LogP contribution in [0.15, 0.2) is 65.1 Å². The van der Waals surface area contributed by atoms with Crippen molar-refractivity contribution >= 4 is 33.2 Å². The monoisotopic (exact) mass is 432 g/mol. The number of sulfonamides is 1. The number of carbonyl (C=O) groups is 1. The fourth-order valence-corrected chi connectivity index (χ4v) is 3.99. The predicted molar refractivity (Wildman–Crippen MR) is 114 cm³/mol. The lowest BCUT2D eigenvalue weighted by Crippen LogP contribution is -2.23. The summed E-state index contributed by atoms with van der Waals surface area (Å²) in [6, 6.07) is 17.2. The second kappa shape index (κ2) is 9.15. The molecule has 1 heterocycles. The molecule has 0 aliphatic heterocycles. The second-order valence-electron chi connectivity index (χ2n) is 6.46. The molecular weight excluding hydrogens is 412 g/mol. The van der Waals surface area contributed by atoms with Crippen LogP contribution in [0, 0.1) is 0 Å². The van der Waals surface area contributed by atoms with E-state index >= 15 is 0 Å². The molecule has 2 aromatic carbocycles. The molecule has 0 unspecified atom stereocenters. The molecule has 152 valence electrons. The number of carbonyl (C=O) groups excluding carboxylic acids is 1. The highest BCUT2D eigenvalue weighted by molar-refractivity contribution is 7.92. The van der Waals surface area contributed by atoms with Crippen molar-refractivity contribution in [1.29, 1.82) is 0 Å². The first-order valence-corrected chi connectivity index (χ1v) is 11.1. The molecule has 1 amide bonds. The summed E-state index contributed by atoms with van der Waals surface area (Å²) in [5.74, 6) is 0.977. The van der Waals surface area contributed by atoms with Gasteiger partial charge in [-0.1, -0.05) is 24.6 Å². The van der Waals surface area contributed by atoms with Crippen molar-refractivity contribution < 1.29 is 17.6 Å². The summed E-state index contributed by atoms with van der Waals surface area (Å²) in [5.41, 5.74) is 1.60. The lowest BCUT2D eigenvalue weighted by atomic mass is 10.2. The van der Waals surface area contributed by atoms with Gasteiger partial charge in [0, 0.05) is 21.8 Å². The molecule has 8 heteroatoms. The van der Waals surface area contributed by atoms with Gasteiger partial charge in [-0.25, -0.2) is 8.42 Å². The number of furan rings is 1. The topological polar surface area (TPSA) is 88.4 Å². The largest absolute Gasteiger partial charge is 0.459 e. The van der Waals surface area contributed by atoms with Crippen LogP contribution in [0.5, 0.6) is 0 Å². The highest BCUT2D eigenvalue weighted by Crippen LogP contribution is 2.24. The first-order chi connectivity index (χ1) is 13.9. The number of anilines is 1. The number of hydrogen-bond acceptors (Lipinski definition) is 4. The molecule has 0 bridgehead atoms. The first-order valence-electron chi connectivity index (χ1n) is 9.10. The number of halogens is 1. The molecule has 29 heavy (non-hydrogen) atoms. The third-order valence-electron chi connectivity index (χ3n) is 4.08. The van der Waals surface area contributed by atoms with Gasteiger partial charge in [-0.3, -0.25) is 9.52 Å². The van der Waals surface area contributed by atoms with E-state index in [1.165, 1.54) is 6.07 Å². The maximum Gasteiger partial charge on any atom is 0.251 e. The van der Waals surface area contributed by atoms with Gasteiger partial charge in [0.25, 0.3) is 5.91 Å². The Hall–Kier alpha value is -2.77. The average molecular weight is 433 g/mol. The second-order valence-corrected chi connectivity index (χ2v) is 8.74. The van der Waals surface area contributed by atoms with Crippen molar-refractivity contribution in [1.82, 2.24) is 5.32 Å². The van der Waals surface area contributed by atoms with E-state index in [2.05, 4.69) is 10.0 Å². The standard InChI is InChI=1S/C21H21ClN2O4S/c1-2-12-29(26,27)24-18-5-3-4-16(13-18)21(25)23-14-19-10-11-20(28-19)15-6-8-17(22)9-7-15/h3-11,13,24H,2,12,14H2,1H3,(H,23,25). The van der Waals surface area contributed by atoms with Crippen LogP contribution in [-0.4, -0.2) is 20.1 Å². The van der Waals surface area contributed by atoms with Crippen LogP contribution < -0.4 is 10.0 Å². The molecule has 0 saturated heterocycles. The van der Waals surface area contributed by atoms with E-state index in [-0.39, 0.29) is 18.2 Å². The number of nitrogens with one attached hydrogen (secondary N) is 2. The highest BCUT2D eigenvalue weighted by Gasteiger charge is 2.12. The van der Waals surface area contributed by atoms with Crippen LogP contribution in [0.25, 0.3) is 11.3 Å². The lowest BCUT2D eigenvalue weighted by Gasteiger charge is -2.09. The Morgan fingerprint density at radius 1 is 1.07 bits per heavy atom. The minimum atomic E-state index is -3.41. The average Bonchev–Trinajstić information content (AvgIpc) is 3.15. The predicted octanol–water partition coefficient (Wildman–Crippen LogP) is 4.68. The summed E-state index contributed by atoms with van der Waals surface area (Å²) in [7, 11) is -3.41. The molecule has 2 N–H and O–H groups in total. The molecule has 3 rings (SSSR count). The van der Waals surface area contributed by atoms with Gasteiger partial charge >= 0.3 is 0 Å². The zero-order valence-electron chi connectivity index (χ0n) is 15.8. The van der Waals surface area contributed by atoms with Gasteiger partial charge in [-0.15, -0.1) is 0 Å². The highest BCUT2D eigenvalue weighted by atomic mass is 35.5. The molecule has 0 saturated carbocycles. The van der Waals surface area contributed by atoms with E-state index in [1.54, 1.807) is 43.3 Å². The molecule has 0 atom stereocenters. The maximum atomic E-state index is 12.4. The Morgan fingerprint density at radius 3 is 2.55 bits per heavy atom. The number of rotatable bonds is 8. The molecule has 0 spiro atoms. The molecule has 0 radical (unpaired) electrons. The molecule has 0 fully saturated rings. The first kappa shape index (κ1) is 21.0. The van der Waals surface area contributed by atoms with Gasteiger partial charge in [0.1, 0.15) is 11.5 Å². The molecule has 0 aliphatic rings. The van der Waals surface area contributed by atoms with Gasteiger partial charge in [-0.2, -0.15) is 0 Å². The SMILES string of the molecule is CCCS(=O)(=O)Nc1cccc(C(=O)NCc2ccc(-c3ccc(Cl)cc3)o2)c1. The molecule has 1 aromatic heterocycles. The summed E-state index contributed by atoms with van der Waals surface area (Å²) in [6.45, 7) is 1.99. The van der Waals surface area contributed by atoms with E-state index < -0.39 is 10.0 Å². The molecule has 3 aromatic rings. The Morgan fingerprint density at radius 2 is 1.83 bits per heavy atom. The minimum absolute atomic E-state index is 0.0257. The summed E-state index contributed by atoms with van der Waals surface area (Å²) in [4.78, 5) is 12.4. The van der Waals surface area contributed by atoms with Gasteiger partial charge < -0.3 is 9.73 Å². The summed E-state index contributed by atoms with van der Waals surface area (Å²) >= 11 is 5.89. The summed E-state index contributed by atoms with van der Waals surface area (Å²) in [5, 5.41) is 3.42. The quantitative estimate of drug-likeness (QED) is 0.540. The van der Waals surface area contributed by atoms with Crippen molar-refractivity contribution in [3.05, 3.63) is 77.0 Å². The normalized spacial score (nSPS) is 11.2. The minimum Gasteiger partial charge on any atom is -0.459 e. The lowest BCUT2D eigenvalue weighted by molar-refractivity contribution is 0.0948. The summed E-state index contributed by atoms with van der Waals surface area (Å²) < 4.78 is 32.0. The third-order valence-corrected chi connectivity index (χ3v) is 5.83. The summed E-state index contributed by atoms with van der Waals surface area (Å²) in [6.07, 6.45) is 0.511. The maximum absolute atomic E-state index is 12.4. The van der Waals surface area contributed by atoms with Crippen molar-refractivity contribution in [3.8, 4) is 11.3 Å². The van der Waals surface area contributed by atoms with Crippen LogP contribution in [-0.2, 0) is 16.6 Å². The van der Waals surface area contributed by atoms with Crippen LogP contribution in [0.4, 0.5) is 5.69 Å². The van der Waals surface area contributed by atoms with Crippen molar-refractivity contribution in [2.45, 2.75) is 19.9 Å². The van der Waals surface area contributed by atoms with Gasteiger partial charge in [0.05, 0.1) is 12.3 Å². The van der Waals surface area contributed by atoms with Crippen molar-refractivity contribution in [2.75, 3.05) is 10.5 Å². The van der Waals surface area contributed by atoms with Gasteiger partial charge in [0.2, 0.25) is 10.0 Å². The van der Waals surface area contributed by atoms with Crippen LogP contribution in [0.2, 0.25) is 5.02 Å². The van der Waals surface area contributed by atoms with Crippen LogP contribution in [0.3, 0.4) is 0 Å². The number of amides is 1. The molecule has 6 nitrogen and oxygen atoms in total. The van der Waals surface area contributed by atoms with Crippen molar-refractivity contribution in [3.63, 3.8) is 0 Å². The van der Waals surface area contributed by atoms with E-state index in [9.17, 15) is 13.2 Å². The Kier molecular flexibility index (Phi) is 6.61. The van der Waals surface area contributed by atoms with E-state index in [4.69, 9.17) is 16.0 Å². The van der Waals surface area contributed by atoms with Crippen molar-refractivity contribution in [2.24, 2.45) is 0 Å². The zero-order chi connectivity index (χ0) is 20.9. The van der Waals surface area contributed by atoms with Gasteiger partial charge in [-0.05, 0) is 61.0 Å². The van der Waals surface area contributed by atoms with Crippen LogP contribution >= 0.6 is 11.6 Å². The zero-order valence-corrected chi connectivity index (χ0v) is 17.4. The Labute approximate surface area is 174 Å². The Balaban J connectivity index is 1.63.